The molecule has 5 aromatic rings. The fourth-order valence-corrected chi connectivity index (χ4v) is 5.09. The van der Waals surface area contributed by atoms with E-state index in [-0.39, 0.29) is 10.9 Å². The van der Waals surface area contributed by atoms with Crippen LogP contribution < -0.4 is 4.72 Å². The van der Waals surface area contributed by atoms with Gasteiger partial charge in [-0.25, -0.2) is 27.8 Å². The molecule has 0 atom stereocenters. The SMILES string of the molecule is O=S(=O)(NC1CC1)c1ccc(-c2ccc3ncc(-c4ccnc(-n5cccn5)c4)n3c2)cc1. The lowest BCUT2D eigenvalue weighted by Crippen LogP contribution is -2.25. The fraction of sp³-hybridized carbons (Fsp3) is 0.125. The first kappa shape index (κ1) is 19.8. The van der Waals surface area contributed by atoms with E-state index in [2.05, 4.69) is 19.8 Å². The number of imidazole rings is 1. The lowest BCUT2D eigenvalue weighted by atomic mass is 10.1. The quantitative estimate of drug-likeness (QED) is 0.421. The molecule has 6 rings (SSSR count). The molecule has 4 heterocycles. The number of hydrogen-bond donors (Lipinski definition) is 1. The largest absolute Gasteiger partial charge is 0.299 e. The van der Waals surface area contributed by atoms with E-state index in [1.165, 1.54) is 0 Å². The van der Waals surface area contributed by atoms with Crippen LogP contribution in [0.3, 0.4) is 0 Å². The third kappa shape index (κ3) is 3.81. The van der Waals surface area contributed by atoms with Crippen LogP contribution in [0.25, 0.3) is 33.8 Å². The number of fused-ring (bicyclic) bond motifs is 1. The van der Waals surface area contributed by atoms with Crippen molar-refractivity contribution in [3.05, 3.63) is 85.6 Å². The van der Waals surface area contributed by atoms with E-state index in [0.717, 1.165) is 46.7 Å². The molecule has 1 N–H and O–H groups in total. The predicted molar refractivity (Wildman–Crippen MR) is 124 cm³/mol. The summed E-state index contributed by atoms with van der Waals surface area (Å²) < 4.78 is 31.4. The van der Waals surface area contributed by atoms with Gasteiger partial charge in [-0.15, -0.1) is 0 Å². The van der Waals surface area contributed by atoms with Gasteiger partial charge in [0.25, 0.3) is 0 Å². The van der Waals surface area contributed by atoms with Crippen LogP contribution in [0.1, 0.15) is 12.8 Å². The van der Waals surface area contributed by atoms with Crippen LogP contribution in [-0.2, 0) is 10.0 Å². The Kier molecular flexibility index (Phi) is 4.60. The second-order valence-corrected chi connectivity index (χ2v) is 9.78. The van der Waals surface area contributed by atoms with Gasteiger partial charge in [0.2, 0.25) is 10.0 Å². The van der Waals surface area contributed by atoms with Crippen LogP contribution in [0.4, 0.5) is 0 Å². The molecule has 1 aliphatic rings. The topological polar surface area (TPSA) is 94.2 Å². The molecule has 9 heteroatoms. The molecule has 1 fully saturated rings. The second-order valence-electron chi connectivity index (χ2n) is 8.06. The fourth-order valence-electron chi connectivity index (χ4n) is 3.79. The minimum absolute atomic E-state index is 0.0822. The first-order valence-electron chi connectivity index (χ1n) is 10.6. The first-order valence-corrected chi connectivity index (χ1v) is 12.1. The summed E-state index contributed by atoms with van der Waals surface area (Å²) in [5, 5.41) is 4.25. The Morgan fingerprint density at radius 1 is 0.909 bits per heavy atom. The molecule has 1 aromatic carbocycles. The molecule has 0 amide bonds. The number of rotatable bonds is 6. The highest BCUT2D eigenvalue weighted by atomic mass is 32.2. The van der Waals surface area contributed by atoms with Crippen LogP contribution in [0.15, 0.2) is 90.5 Å². The molecule has 0 bridgehead atoms. The Labute approximate surface area is 190 Å². The monoisotopic (exact) mass is 456 g/mol. The number of aromatic nitrogens is 5. The van der Waals surface area contributed by atoms with E-state index < -0.39 is 10.0 Å². The summed E-state index contributed by atoms with van der Waals surface area (Å²) in [5.74, 6) is 0.722. The molecule has 0 unspecified atom stereocenters. The van der Waals surface area contributed by atoms with E-state index in [4.69, 9.17) is 0 Å². The van der Waals surface area contributed by atoms with E-state index in [1.807, 2.05) is 65.5 Å². The number of benzene rings is 1. The van der Waals surface area contributed by atoms with Crippen molar-refractivity contribution in [2.45, 2.75) is 23.8 Å². The maximum absolute atomic E-state index is 12.4. The van der Waals surface area contributed by atoms with Gasteiger partial charge in [0.15, 0.2) is 5.82 Å². The summed E-state index contributed by atoms with van der Waals surface area (Å²) in [7, 11) is -3.47. The van der Waals surface area contributed by atoms with Crippen molar-refractivity contribution in [3.8, 4) is 28.2 Å². The number of sulfonamides is 1. The maximum Gasteiger partial charge on any atom is 0.240 e. The van der Waals surface area contributed by atoms with Gasteiger partial charge in [-0.05, 0) is 66.4 Å². The summed E-state index contributed by atoms with van der Waals surface area (Å²) in [4.78, 5) is 9.22. The Balaban J connectivity index is 1.35. The first-order chi connectivity index (χ1) is 16.1. The van der Waals surface area contributed by atoms with Gasteiger partial charge < -0.3 is 0 Å². The van der Waals surface area contributed by atoms with E-state index in [9.17, 15) is 8.42 Å². The highest BCUT2D eigenvalue weighted by Crippen LogP contribution is 2.27. The normalized spacial score (nSPS) is 14.1. The molecular formula is C24H20N6O2S. The Bertz CT molecular complexity index is 1550. The van der Waals surface area contributed by atoms with Crippen molar-refractivity contribution in [2.24, 2.45) is 0 Å². The van der Waals surface area contributed by atoms with E-state index >= 15 is 0 Å². The van der Waals surface area contributed by atoms with Gasteiger partial charge in [0, 0.05) is 36.4 Å². The lowest BCUT2D eigenvalue weighted by Gasteiger charge is -2.09. The van der Waals surface area contributed by atoms with Crippen molar-refractivity contribution in [1.29, 1.82) is 0 Å². The highest BCUT2D eigenvalue weighted by Gasteiger charge is 2.27. The summed E-state index contributed by atoms with van der Waals surface area (Å²) in [6.07, 6.45) is 11.0. The zero-order chi connectivity index (χ0) is 22.4. The summed E-state index contributed by atoms with van der Waals surface area (Å²) in [5.41, 5.74) is 4.60. The number of nitrogens with zero attached hydrogens (tertiary/aromatic N) is 5. The molecule has 0 aliphatic heterocycles. The number of pyridine rings is 2. The molecule has 164 valence electrons. The average Bonchev–Trinajstić information content (AvgIpc) is 3.31. The summed E-state index contributed by atoms with van der Waals surface area (Å²) >= 11 is 0. The van der Waals surface area contributed by atoms with Crippen LogP contribution in [0, 0.1) is 0 Å². The predicted octanol–water partition coefficient (Wildman–Crippen LogP) is 3.69. The lowest BCUT2D eigenvalue weighted by molar-refractivity contribution is 0.581. The Morgan fingerprint density at radius 3 is 2.48 bits per heavy atom. The van der Waals surface area contributed by atoms with Crippen molar-refractivity contribution in [3.63, 3.8) is 0 Å². The smallest absolute Gasteiger partial charge is 0.240 e. The number of nitrogens with one attached hydrogen (secondary N) is 1. The van der Waals surface area contributed by atoms with Crippen LogP contribution >= 0.6 is 0 Å². The molecule has 4 aromatic heterocycles. The van der Waals surface area contributed by atoms with Crippen molar-refractivity contribution >= 4 is 15.7 Å². The third-order valence-corrected chi connectivity index (χ3v) is 7.22. The molecule has 0 saturated heterocycles. The van der Waals surface area contributed by atoms with Gasteiger partial charge in [-0.1, -0.05) is 12.1 Å². The molecule has 1 aliphatic carbocycles. The maximum atomic E-state index is 12.4. The van der Waals surface area contributed by atoms with Crippen molar-refractivity contribution < 1.29 is 8.42 Å². The number of hydrogen-bond acceptors (Lipinski definition) is 5. The highest BCUT2D eigenvalue weighted by molar-refractivity contribution is 7.89. The average molecular weight is 457 g/mol. The standard InChI is InChI=1S/C24H20N6O2S/c31-33(32,28-20-5-6-20)21-7-2-17(3-8-21)19-4-9-23-26-15-22(29(23)16-19)18-10-12-25-24(14-18)30-13-1-11-27-30/h1-4,7-16,20,28H,5-6H2. The van der Waals surface area contributed by atoms with Gasteiger partial charge in [0.05, 0.1) is 16.8 Å². The van der Waals surface area contributed by atoms with Gasteiger partial charge >= 0.3 is 0 Å². The van der Waals surface area contributed by atoms with Gasteiger partial charge in [-0.3, -0.25) is 4.40 Å². The molecule has 0 radical (unpaired) electrons. The van der Waals surface area contributed by atoms with Gasteiger partial charge in [-0.2, -0.15) is 5.10 Å². The second kappa shape index (κ2) is 7.65. The molecule has 0 spiro atoms. The zero-order valence-electron chi connectivity index (χ0n) is 17.5. The van der Waals surface area contributed by atoms with Crippen LogP contribution in [0.5, 0.6) is 0 Å². The van der Waals surface area contributed by atoms with Crippen LogP contribution in [-0.4, -0.2) is 38.6 Å². The minimum atomic E-state index is -3.47. The summed E-state index contributed by atoms with van der Waals surface area (Å²) in [6.45, 7) is 0. The van der Waals surface area contributed by atoms with E-state index in [0.29, 0.717) is 0 Å². The molecule has 8 nitrogen and oxygen atoms in total. The van der Waals surface area contributed by atoms with Crippen molar-refractivity contribution in [1.82, 2.24) is 28.9 Å². The molecule has 33 heavy (non-hydrogen) atoms. The zero-order valence-corrected chi connectivity index (χ0v) is 18.4. The molecule has 1 saturated carbocycles. The van der Waals surface area contributed by atoms with Crippen LogP contribution in [0.2, 0.25) is 0 Å². The Hall–Kier alpha value is -3.82. The Morgan fingerprint density at radius 2 is 1.73 bits per heavy atom. The summed E-state index contributed by atoms with van der Waals surface area (Å²) in [6, 6.07) is 16.8. The molecular weight excluding hydrogens is 436 g/mol. The third-order valence-electron chi connectivity index (χ3n) is 5.68. The van der Waals surface area contributed by atoms with Gasteiger partial charge in [0.1, 0.15) is 5.65 Å². The van der Waals surface area contributed by atoms with Crippen molar-refractivity contribution in [2.75, 3.05) is 0 Å². The van der Waals surface area contributed by atoms with E-state index in [1.54, 1.807) is 29.2 Å². The minimum Gasteiger partial charge on any atom is -0.299 e.